The van der Waals surface area contributed by atoms with Gasteiger partial charge in [0.25, 0.3) is 0 Å². The lowest BCUT2D eigenvalue weighted by atomic mass is 10.1. The first kappa shape index (κ1) is 13.0. The van der Waals surface area contributed by atoms with E-state index in [1.165, 1.54) is 6.07 Å². The van der Waals surface area contributed by atoms with Gasteiger partial charge in [0.15, 0.2) is 5.69 Å². The number of aromatic nitrogens is 2. The van der Waals surface area contributed by atoms with Gasteiger partial charge >= 0.3 is 6.18 Å². The van der Waals surface area contributed by atoms with Crippen molar-refractivity contribution >= 4 is 5.69 Å². The molecule has 0 amide bonds. The first-order valence-electron chi connectivity index (χ1n) is 4.99. The van der Waals surface area contributed by atoms with E-state index in [-0.39, 0.29) is 16.9 Å². The Morgan fingerprint density at radius 2 is 1.89 bits per heavy atom. The maximum atomic E-state index is 13.1. The number of rotatable bonds is 1. The number of alkyl halides is 3. The molecule has 0 bridgehead atoms. The molecule has 0 saturated carbocycles. The topological polar surface area (TPSA) is 30.1 Å². The van der Waals surface area contributed by atoms with Gasteiger partial charge in [0, 0.05) is 11.8 Å². The van der Waals surface area contributed by atoms with Gasteiger partial charge in [-0.05, 0) is 24.3 Å². The number of halogens is 4. The van der Waals surface area contributed by atoms with Crippen LogP contribution in [0, 0.1) is 12.5 Å². The number of hydrogen-bond acceptors (Lipinski definition) is 2. The molecule has 0 atom stereocenters. The third-order valence-electron chi connectivity index (χ3n) is 2.26. The van der Waals surface area contributed by atoms with Crippen molar-refractivity contribution in [2.75, 3.05) is 0 Å². The molecule has 0 spiro atoms. The minimum Gasteiger partial charge on any atom is -0.251 e. The van der Waals surface area contributed by atoms with Gasteiger partial charge in [-0.3, -0.25) is 4.98 Å². The van der Waals surface area contributed by atoms with E-state index in [0.29, 0.717) is 0 Å². The van der Waals surface area contributed by atoms with Crippen molar-refractivity contribution in [3.63, 3.8) is 0 Å². The third kappa shape index (κ3) is 2.85. The van der Waals surface area contributed by atoms with Crippen molar-refractivity contribution in [2.24, 2.45) is 0 Å². The lowest BCUT2D eigenvalue weighted by molar-refractivity contribution is -0.141. The Morgan fingerprint density at radius 1 is 1.16 bits per heavy atom. The smallest absolute Gasteiger partial charge is 0.251 e. The molecule has 0 radical (unpaired) electrons. The molecule has 0 aromatic carbocycles. The van der Waals surface area contributed by atoms with Gasteiger partial charge in [0.05, 0.1) is 12.3 Å². The minimum absolute atomic E-state index is 0.0161. The molecule has 2 aromatic rings. The molecule has 2 aromatic heterocycles. The average molecular weight is 267 g/mol. The fourth-order valence-electron chi connectivity index (χ4n) is 1.41. The van der Waals surface area contributed by atoms with Crippen molar-refractivity contribution in [3.05, 3.63) is 53.5 Å². The molecule has 19 heavy (non-hydrogen) atoms. The van der Waals surface area contributed by atoms with Crippen LogP contribution in [0.15, 0.2) is 30.5 Å². The van der Waals surface area contributed by atoms with E-state index >= 15 is 0 Å². The van der Waals surface area contributed by atoms with Gasteiger partial charge < -0.3 is 0 Å². The molecule has 0 saturated heterocycles. The van der Waals surface area contributed by atoms with Crippen LogP contribution in [0.25, 0.3) is 16.1 Å². The molecular formula is C12H5F4N3. The normalized spacial score (nSPS) is 11.1. The number of nitrogens with zero attached hydrogens (tertiary/aromatic N) is 3. The molecule has 3 nitrogen and oxygen atoms in total. The predicted molar refractivity (Wildman–Crippen MR) is 58.7 cm³/mol. The summed E-state index contributed by atoms with van der Waals surface area (Å²) in [6.45, 7) is 6.78. The molecule has 0 unspecified atom stereocenters. The summed E-state index contributed by atoms with van der Waals surface area (Å²) in [5.41, 5.74) is -0.759. The van der Waals surface area contributed by atoms with Gasteiger partial charge in [0.2, 0.25) is 5.95 Å². The Bertz CT molecular complexity index is 642. The zero-order valence-corrected chi connectivity index (χ0v) is 9.24. The van der Waals surface area contributed by atoms with Crippen molar-refractivity contribution in [2.45, 2.75) is 6.18 Å². The van der Waals surface area contributed by atoms with Crippen molar-refractivity contribution < 1.29 is 17.6 Å². The Morgan fingerprint density at radius 3 is 2.42 bits per heavy atom. The van der Waals surface area contributed by atoms with Gasteiger partial charge in [-0.15, -0.1) is 0 Å². The monoisotopic (exact) mass is 267 g/mol. The standard InChI is InChI=1S/C12H5F4N3/c1-17-8-4-9(19-11(13)5-8)7-2-3-10(18-6-7)12(14,15)16/h2-6H. The summed E-state index contributed by atoms with van der Waals surface area (Å²) in [6, 6.07) is 4.12. The molecule has 2 heterocycles. The molecule has 0 aliphatic carbocycles. The highest BCUT2D eigenvalue weighted by molar-refractivity contribution is 5.63. The fraction of sp³-hybridized carbons (Fsp3) is 0.0833. The van der Waals surface area contributed by atoms with E-state index in [1.807, 2.05) is 0 Å². The van der Waals surface area contributed by atoms with Crippen molar-refractivity contribution in [1.29, 1.82) is 0 Å². The highest BCUT2D eigenvalue weighted by Crippen LogP contribution is 2.29. The maximum absolute atomic E-state index is 13.1. The molecule has 0 aliphatic heterocycles. The van der Waals surface area contributed by atoms with E-state index in [2.05, 4.69) is 14.8 Å². The SMILES string of the molecule is [C-]#[N+]c1cc(F)nc(-c2ccc(C(F)(F)F)nc2)c1. The van der Waals surface area contributed by atoms with Crippen molar-refractivity contribution in [3.8, 4) is 11.3 Å². The minimum atomic E-state index is -4.53. The summed E-state index contributed by atoms with van der Waals surface area (Å²) in [7, 11) is 0. The van der Waals surface area contributed by atoms with Crippen molar-refractivity contribution in [1.82, 2.24) is 9.97 Å². The summed E-state index contributed by atoms with van der Waals surface area (Å²) in [6.07, 6.45) is -3.59. The van der Waals surface area contributed by atoms with Crippen LogP contribution < -0.4 is 0 Å². The van der Waals surface area contributed by atoms with Gasteiger partial charge in [-0.2, -0.15) is 17.6 Å². The molecule has 0 N–H and O–H groups in total. The van der Waals surface area contributed by atoms with Crippen LogP contribution in [0.3, 0.4) is 0 Å². The summed E-state index contributed by atoms with van der Waals surface area (Å²) in [5.74, 6) is -0.872. The summed E-state index contributed by atoms with van der Waals surface area (Å²) < 4.78 is 50.1. The Kier molecular flexibility index (Phi) is 3.17. The fourth-order valence-corrected chi connectivity index (χ4v) is 1.41. The summed E-state index contributed by atoms with van der Waals surface area (Å²) in [4.78, 5) is 9.80. The van der Waals surface area contributed by atoms with Crippen LogP contribution in [0.1, 0.15) is 5.69 Å². The third-order valence-corrected chi connectivity index (χ3v) is 2.26. The lowest BCUT2D eigenvalue weighted by Gasteiger charge is -2.06. The largest absolute Gasteiger partial charge is 0.433 e. The molecule has 96 valence electrons. The van der Waals surface area contributed by atoms with Crippen LogP contribution in [0.4, 0.5) is 23.2 Å². The van der Waals surface area contributed by atoms with Gasteiger partial charge in [0.1, 0.15) is 5.69 Å². The summed E-state index contributed by atoms with van der Waals surface area (Å²) in [5, 5.41) is 0. The quantitative estimate of drug-likeness (QED) is 0.446. The van der Waals surface area contributed by atoms with Crippen LogP contribution in [-0.4, -0.2) is 9.97 Å². The zero-order chi connectivity index (χ0) is 14.0. The molecule has 0 aliphatic rings. The van der Waals surface area contributed by atoms with Gasteiger partial charge in [-0.1, -0.05) is 0 Å². The van der Waals surface area contributed by atoms with Crippen LogP contribution in [0.2, 0.25) is 0 Å². The van der Waals surface area contributed by atoms with Crippen LogP contribution in [0.5, 0.6) is 0 Å². The van der Waals surface area contributed by atoms with Crippen LogP contribution >= 0.6 is 0 Å². The highest BCUT2D eigenvalue weighted by Gasteiger charge is 2.32. The van der Waals surface area contributed by atoms with E-state index in [0.717, 1.165) is 24.4 Å². The predicted octanol–water partition coefficient (Wildman–Crippen LogP) is 3.85. The lowest BCUT2D eigenvalue weighted by Crippen LogP contribution is -2.07. The Hall–Kier alpha value is -2.49. The van der Waals surface area contributed by atoms with E-state index in [9.17, 15) is 17.6 Å². The van der Waals surface area contributed by atoms with Gasteiger partial charge in [-0.25, -0.2) is 9.83 Å². The molecular weight excluding hydrogens is 262 g/mol. The zero-order valence-electron chi connectivity index (χ0n) is 9.24. The second-order valence-corrected chi connectivity index (χ2v) is 3.57. The van der Waals surface area contributed by atoms with E-state index < -0.39 is 17.8 Å². The first-order valence-corrected chi connectivity index (χ1v) is 4.99. The highest BCUT2D eigenvalue weighted by atomic mass is 19.4. The Balaban J connectivity index is 2.43. The first-order chi connectivity index (χ1) is 8.90. The Labute approximate surface area is 105 Å². The molecule has 2 rings (SSSR count). The van der Waals surface area contributed by atoms with E-state index in [1.54, 1.807) is 0 Å². The van der Waals surface area contributed by atoms with Crippen LogP contribution in [-0.2, 0) is 6.18 Å². The number of hydrogen-bond donors (Lipinski definition) is 0. The maximum Gasteiger partial charge on any atom is 0.433 e. The van der Waals surface area contributed by atoms with E-state index in [4.69, 9.17) is 6.57 Å². The molecule has 0 fully saturated rings. The number of pyridine rings is 2. The average Bonchev–Trinajstić information content (AvgIpc) is 2.37. The summed E-state index contributed by atoms with van der Waals surface area (Å²) >= 11 is 0. The second-order valence-electron chi connectivity index (χ2n) is 3.57. The second kappa shape index (κ2) is 4.65. The molecule has 7 heteroatoms.